The topological polar surface area (TPSA) is 63.3 Å². The molecular formula is C14H13NO2. The van der Waals surface area contributed by atoms with Crippen LogP contribution in [0.5, 0.6) is 0 Å². The molecule has 0 fully saturated rings. The molecule has 0 saturated heterocycles. The summed E-state index contributed by atoms with van der Waals surface area (Å²) in [4.78, 5) is 10.8. The number of hydrogen-bond acceptors (Lipinski definition) is 2. The minimum absolute atomic E-state index is 0.208. The number of aryl methyl sites for hydroxylation is 1. The second kappa shape index (κ2) is 4.29. The number of carboxylic acids is 1. The summed E-state index contributed by atoms with van der Waals surface area (Å²) in [6.07, 6.45) is 0. The molecule has 0 radical (unpaired) electrons. The zero-order valence-electron chi connectivity index (χ0n) is 9.47. The molecule has 0 aliphatic heterocycles. The highest BCUT2D eigenvalue weighted by Crippen LogP contribution is 2.29. The van der Waals surface area contributed by atoms with Gasteiger partial charge >= 0.3 is 5.97 Å². The maximum atomic E-state index is 10.8. The van der Waals surface area contributed by atoms with E-state index < -0.39 is 5.97 Å². The summed E-state index contributed by atoms with van der Waals surface area (Å²) in [6.45, 7) is 2.00. The minimum Gasteiger partial charge on any atom is -0.478 e. The van der Waals surface area contributed by atoms with Gasteiger partial charge in [-0.1, -0.05) is 30.3 Å². The molecule has 0 aliphatic rings. The molecule has 0 aromatic heterocycles. The molecule has 0 atom stereocenters. The maximum Gasteiger partial charge on any atom is 0.335 e. The number of hydrogen-bond donors (Lipinski definition) is 2. The fraction of sp³-hybridized carbons (Fsp3) is 0.0714. The van der Waals surface area contributed by atoms with Crippen molar-refractivity contribution >= 4 is 11.7 Å². The Hall–Kier alpha value is -2.29. The van der Waals surface area contributed by atoms with Gasteiger partial charge < -0.3 is 10.8 Å². The van der Waals surface area contributed by atoms with E-state index in [1.807, 2.05) is 31.2 Å². The molecular weight excluding hydrogens is 214 g/mol. The molecule has 0 amide bonds. The van der Waals surface area contributed by atoms with Crippen molar-refractivity contribution in [2.45, 2.75) is 6.92 Å². The van der Waals surface area contributed by atoms with Crippen molar-refractivity contribution in [1.29, 1.82) is 0 Å². The van der Waals surface area contributed by atoms with Crippen LogP contribution in [0.4, 0.5) is 5.69 Å². The van der Waals surface area contributed by atoms with Gasteiger partial charge in [-0.15, -0.1) is 0 Å². The predicted molar refractivity (Wildman–Crippen MR) is 68.0 cm³/mol. The Morgan fingerprint density at radius 3 is 2.41 bits per heavy atom. The number of anilines is 1. The van der Waals surface area contributed by atoms with Crippen molar-refractivity contribution in [3.8, 4) is 11.1 Å². The van der Waals surface area contributed by atoms with Crippen LogP contribution in [0.3, 0.4) is 0 Å². The van der Waals surface area contributed by atoms with Gasteiger partial charge in [0.2, 0.25) is 0 Å². The third-order valence-electron chi connectivity index (χ3n) is 2.73. The lowest BCUT2D eigenvalue weighted by molar-refractivity contribution is 0.0697. The average Bonchev–Trinajstić information content (AvgIpc) is 2.30. The first-order valence-corrected chi connectivity index (χ1v) is 5.28. The van der Waals surface area contributed by atoms with Crippen molar-refractivity contribution in [3.05, 3.63) is 53.6 Å². The van der Waals surface area contributed by atoms with E-state index in [1.165, 1.54) is 6.07 Å². The van der Waals surface area contributed by atoms with Gasteiger partial charge in [-0.2, -0.15) is 0 Å². The van der Waals surface area contributed by atoms with Gasteiger partial charge in [-0.25, -0.2) is 4.79 Å². The molecule has 0 saturated carbocycles. The van der Waals surface area contributed by atoms with E-state index in [1.54, 1.807) is 12.1 Å². The first-order valence-electron chi connectivity index (χ1n) is 5.28. The molecule has 0 unspecified atom stereocenters. The Morgan fingerprint density at radius 2 is 1.82 bits per heavy atom. The Labute approximate surface area is 99.5 Å². The Bertz CT molecular complexity index is 576. The summed E-state index contributed by atoms with van der Waals surface area (Å²) >= 11 is 0. The number of carboxylic acid groups (broad SMARTS) is 1. The molecule has 86 valence electrons. The Morgan fingerprint density at radius 1 is 1.12 bits per heavy atom. The number of nitrogen functional groups attached to an aromatic ring is 1. The standard InChI is InChI=1S/C14H13NO2/c1-9-4-2-3-5-11(9)12-7-6-10(14(16)17)8-13(12)15/h2-8H,15H2,1H3,(H,16,17). The summed E-state index contributed by atoms with van der Waals surface area (Å²) in [5, 5.41) is 8.87. The fourth-order valence-corrected chi connectivity index (χ4v) is 1.82. The second-order valence-electron chi connectivity index (χ2n) is 3.92. The van der Waals surface area contributed by atoms with E-state index in [0.29, 0.717) is 5.69 Å². The molecule has 0 spiro atoms. The normalized spacial score (nSPS) is 10.2. The molecule has 2 aromatic rings. The molecule has 0 heterocycles. The molecule has 3 N–H and O–H groups in total. The highest BCUT2D eigenvalue weighted by molar-refractivity contribution is 5.91. The lowest BCUT2D eigenvalue weighted by Gasteiger charge is -2.09. The van der Waals surface area contributed by atoms with Crippen molar-refractivity contribution in [2.75, 3.05) is 5.73 Å². The molecule has 2 rings (SSSR count). The number of benzene rings is 2. The quantitative estimate of drug-likeness (QED) is 0.775. The zero-order valence-corrected chi connectivity index (χ0v) is 9.47. The summed E-state index contributed by atoms with van der Waals surface area (Å²) < 4.78 is 0. The highest BCUT2D eigenvalue weighted by Gasteiger charge is 2.08. The summed E-state index contributed by atoms with van der Waals surface area (Å²) in [5.41, 5.74) is 9.60. The van der Waals surface area contributed by atoms with Gasteiger partial charge in [0.05, 0.1) is 5.56 Å². The molecule has 17 heavy (non-hydrogen) atoms. The van der Waals surface area contributed by atoms with Crippen molar-refractivity contribution in [1.82, 2.24) is 0 Å². The zero-order chi connectivity index (χ0) is 12.4. The Kier molecular flexibility index (Phi) is 2.83. The van der Waals surface area contributed by atoms with E-state index in [0.717, 1.165) is 16.7 Å². The second-order valence-corrected chi connectivity index (χ2v) is 3.92. The largest absolute Gasteiger partial charge is 0.478 e. The van der Waals surface area contributed by atoms with Crippen LogP contribution in [0.15, 0.2) is 42.5 Å². The average molecular weight is 227 g/mol. The smallest absolute Gasteiger partial charge is 0.335 e. The first kappa shape index (κ1) is 11.2. The summed E-state index contributed by atoms with van der Waals surface area (Å²) in [5.74, 6) is -0.965. The van der Waals surface area contributed by atoms with Crippen LogP contribution in [0, 0.1) is 6.92 Å². The van der Waals surface area contributed by atoms with Crippen LogP contribution in [0.1, 0.15) is 15.9 Å². The molecule has 0 aliphatic carbocycles. The van der Waals surface area contributed by atoms with Crippen LogP contribution in [0.25, 0.3) is 11.1 Å². The van der Waals surface area contributed by atoms with Crippen LogP contribution in [-0.4, -0.2) is 11.1 Å². The molecule has 2 aromatic carbocycles. The van der Waals surface area contributed by atoms with Crippen molar-refractivity contribution < 1.29 is 9.90 Å². The van der Waals surface area contributed by atoms with Crippen LogP contribution >= 0.6 is 0 Å². The maximum absolute atomic E-state index is 10.8. The van der Waals surface area contributed by atoms with Crippen molar-refractivity contribution in [3.63, 3.8) is 0 Å². The lowest BCUT2D eigenvalue weighted by Crippen LogP contribution is -1.99. The van der Waals surface area contributed by atoms with Gasteiger partial charge in [-0.05, 0) is 30.2 Å². The number of nitrogens with two attached hydrogens (primary N) is 1. The number of aromatic carboxylic acids is 1. The minimum atomic E-state index is -0.965. The third kappa shape index (κ3) is 2.13. The molecule has 3 nitrogen and oxygen atoms in total. The fourth-order valence-electron chi connectivity index (χ4n) is 1.82. The van der Waals surface area contributed by atoms with Gasteiger partial charge in [0.25, 0.3) is 0 Å². The van der Waals surface area contributed by atoms with E-state index in [2.05, 4.69) is 0 Å². The van der Waals surface area contributed by atoms with E-state index in [-0.39, 0.29) is 5.56 Å². The number of rotatable bonds is 2. The summed E-state index contributed by atoms with van der Waals surface area (Å²) in [7, 11) is 0. The van der Waals surface area contributed by atoms with Gasteiger partial charge in [-0.3, -0.25) is 0 Å². The van der Waals surface area contributed by atoms with E-state index in [4.69, 9.17) is 10.8 Å². The molecule has 0 bridgehead atoms. The Balaban J connectivity index is 2.55. The van der Waals surface area contributed by atoms with Gasteiger partial charge in [0, 0.05) is 11.3 Å². The first-order chi connectivity index (χ1) is 8.09. The van der Waals surface area contributed by atoms with Crippen LogP contribution in [0.2, 0.25) is 0 Å². The SMILES string of the molecule is Cc1ccccc1-c1ccc(C(=O)O)cc1N. The summed E-state index contributed by atoms with van der Waals surface area (Å²) in [6, 6.07) is 12.7. The monoisotopic (exact) mass is 227 g/mol. The van der Waals surface area contributed by atoms with E-state index >= 15 is 0 Å². The van der Waals surface area contributed by atoms with Gasteiger partial charge in [0.1, 0.15) is 0 Å². The molecule has 3 heteroatoms. The van der Waals surface area contributed by atoms with Crippen LogP contribution < -0.4 is 5.73 Å². The highest BCUT2D eigenvalue weighted by atomic mass is 16.4. The predicted octanol–water partition coefficient (Wildman–Crippen LogP) is 2.94. The third-order valence-corrected chi connectivity index (χ3v) is 2.73. The van der Waals surface area contributed by atoms with E-state index in [9.17, 15) is 4.79 Å². The van der Waals surface area contributed by atoms with Crippen molar-refractivity contribution in [2.24, 2.45) is 0 Å². The van der Waals surface area contributed by atoms with Crippen LogP contribution in [-0.2, 0) is 0 Å². The number of carbonyl (C=O) groups is 1. The lowest BCUT2D eigenvalue weighted by atomic mass is 9.98. The van der Waals surface area contributed by atoms with Gasteiger partial charge in [0.15, 0.2) is 0 Å².